The first-order valence-corrected chi connectivity index (χ1v) is 9.30. The lowest BCUT2D eigenvalue weighted by Gasteiger charge is -2.27. The third-order valence-corrected chi connectivity index (χ3v) is 4.33. The molecule has 3 N–H and O–H groups in total. The minimum absolute atomic E-state index is 0. The van der Waals surface area contributed by atoms with Gasteiger partial charge >= 0.3 is 0 Å². The third-order valence-electron chi connectivity index (χ3n) is 4.33. The van der Waals surface area contributed by atoms with Gasteiger partial charge in [-0.1, -0.05) is 24.3 Å². The number of hydrogen-bond acceptors (Lipinski definition) is 5. The number of rotatable bonds is 9. The summed E-state index contributed by atoms with van der Waals surface area (Å²) < 4.78 is 10.3. The predicted octanol–water partition coefficient (Wildman–Crippen LogP) is 0.564. The van der Waals surface area contributed by atoms with Gasteiger partial charge in [0.1, 0.15) is 0 Å². The van der Waals surface area contributed by atoms with E-state index in [1.54, 1.807) is 14.2 Å². The van der Waals surface area contributed by atoms with Gasteiger partial charge in [-0.15, -0.1) is 24.0 Å². The van der Waals surface area contributed by atoms with Crippen LogP contribution in [0.15, 0.2) is 29.3 Å². The zero-order valence-corrected chi connectivity index (χ0v) is 19.0. The molecule has 0 aromatic heterocycles. The summed E-state index contributed by atoms with van der Waals surface area (Å²) >= 11 is 0. The van der Waals surface area contributed by atoms with E-state index >= 15 is 0 Å². The molecule has 0 aliphatic carbocycles. The normalized spacial score (nSPS) is 14.9. The molecule has 8 nitrogen and oxygen atoms in total. The number of aliphatic imine (C=N–C) groups is 1. The fraction of sp³-hybridized carbons (Fsp3) is 0.579. The minimum Gasteiger partial charge on any atom is -0.383 e. The van der Waals surface area contributed by atoms with Crippen molar-refractivity contribution in [1.82, 2.24) is 20.9 Å². The largest absolute Gasteiger partial charge is 0.383 e. The number of nitrogens with one attached hydrogen (secondary N) is 3. The summed E-state index contributed by atoms with van der Waals surface area (Å²) in [4.78, 5) is 18.3. The second kappa shape index (κ2) is 14.6. The molecule has 9 heteroatoms. The molecule has 1 heterocycles. The number of halogens is 1. The molecule has 0 unspecified atom stereocenters. The van der Waals surface area contributed by atoms with Crippen LogP contribution in [0.1, 0.15) is 11.1 Å². The first-order valence-electron chi connectivity index (χ1n) is 9.30. The number of ether oxygens (including phenoxy) is 2. The van der Waals surface area contributed by atoms with Crippen molar-refractivity contribution in [3.05, 3.63) is 35.4 Å². The van der Waals surface area contributed by atoms with Gasteiger partial charge in [0, 0.05) is 46.9 Å². The maximum absolute atomic E-state index is 11.8. The lowest BCUT2D eigenvalue weighted by molar-refractivity contribution is -0.120. The Labute approximate surface area is 184 Å². The molecule has 1 aliphatic heterocycles. The van der Waals surface area contributed by atoms with E-state index in [2.05, 4.69) is 44.0 Å². The van der Waals surface area contributed by atoms with Crippen molar-refractivity contribution in [2.24, 2.45) is 4.99 Å². The fourth-order valence-corrected chi connectivity index (χ4v) is 2.80. The molecule has 0 radical (unpaired) electrons. The van der Waals surface area contributed by atoms with Crippen LogP contribution in [0, 0.1) is 0 Å². The molecule has 1 aromatic rings. The Bertz CT molecular complexity index is 609. The van der Waals surface area contributed by atoms with E-state index in [1.165, 1.54) is 11.1 Å². The van der Waals surface area contributed by atoms with Crippen molar-refractivity contribution in [1.29, 1.82) is 0 Å². The van der Waals surface area contributed by atoms with Crippen LogP contribution in [0.5, 0.6) is 0 Å². The van der Waals surface area contributed by atoms with Gasteiger partial charge in [-0.05, 0) is 11.1 Å². The summed E-state index contributed by atoms with van der Waals surface area (Å²) in [7, 11) is 3.30. The number of nitrogens with zero attached hydrogens (tertiary/aromatic N) is 2. The van der Waals surface area contributed by atoms with Crippen LogP contribution in [-0.4, -0.2) is 76.9 Å². The predicted molar refractivity (Wildman–Crippen MR) is 121 cm³/mol. The van der Waals surface area contributed by atoms with Crippen LogP contribution in [0.4, 0.5) is 0 Å². The Kier molecular flexibility index (Phi) is 12.8. The standard InChI is InChI=1S/C19H31N5O3.HI/c1-20-19(23-14-18(25)21-7-10-26-2)22-13-16-5-3-4-6-17(16)15-24-8-11-27-12-9-24;/h3-6H,7-15H2,1-2H3,(H,21,25)(H2,20,22,23);1H. The smallest absolute Gasteiger partial charge is 0.239 e. The van der Waals surface area contributed by atoms with Crippen molar-refractivity contribution < 1.29 is 14.3 Å². The van der Waals surface area contributed by atoms with Gasteiger partial charge in [-0.3, -0.25) is 14.7 Å². The summed E-state index contributed by atoms with van der Waals surface area (Å²) in [6.07, 6.45) is 0. The van der Waals surface area contributed by atoms with E-state index in [-0.39, 0.29) is 36.4 Å². The van der Waals surface area contributed by atoms with Gasteiger partial charge < -0.3 is 25.4 Å². The molecular formula is C19H32IN5O3. The first-order chi connectivity index (χ1) is 13.2. The van der Waals surface area contributed by atoms with Crippen LogP contribution in [0.25, 0.3) is 0 Å². The van der Waals surface area contributed by atoms with Gasteiger partial charge in [-0.25, -0.2) is 0 Å². The van der Waals surface area contributed by atoms with Gasteiger partial charge in [0.2, 0.25) is 5.91 Å². The zero-order chi connectivity index (χ0) is 19.3. The molecule has 1 aromatic carbocycles. The molecule has 1 amide bonds. The second-order valence-corrected chi connectivity index (χ2v) is 6.28. The van der Waals surface area contributed by atoms with Gasteiger partial charge in [-0.2, -0.15) is 0 Å². The summed E-state index contributed by atoms with van der Waals surface area (Å²) in [6.45, 7) is 6.23. The third kappa shape index (κ3) is 9.18. The number of carbonyl (C=O) groups is 1. The molecule has 2 rings (SSSR count). The SMILES string of the molecule is CN=C(NCC(=O)NCCOC)NCc1ccccc1CN1CCOCC1.I. The zero-order valence-electron chi connectivity index (χ0n) is 16.7. The Morgan fingerprint density at radius 1 is 1.18 bits per heavy atom. The number of hydrogen-bond donors (Lipinski definition) is 3. The highest BCUT2D eigenvalue weighted by atomic mass is 127. The van der Waals surface area contributed by atoms with Crippen molar-refractivity contribution in [3.63, 3.8) is 0 Å². The monoisotopic (exact) mass is 505 g/mol. The molecule has 0 bridgehead atoms. The minimum atomic E-state index is -0.0947. The summed E-state index contributed by atoms with van der Waals surface area (Å²) in [5, 5.41) is 9.07. The number of amides is 1. The number of morpholine rings is 1. The summed E-state index contributed by atoms with van der Waals surface area (Å²) in [6, 6.07) is 8.38. The Morgan fingerprint density at radius 3 is 2.57 bits per heavy atom. The molecule has 0 spiro atoms. The molecule has 1 aliphatic rings. The molecule has 0 saturated carbocycles. The van der Waals surface area contributed by atoms with Crippen molar-refractivity contribution in [2.45, 2.75) is 13.1 Å². The summed E-state index contributed by atoms with van der Waals surface area (Å²) in [5.74, 6) is 0.501. The topological polar surface area (TPSA) is 87.2 Å². The molecule has 1 saturated heterocycles. The number of methoxy groups -OCH3 is 1. The van der Waals surface area contributed by atoms with Gasteiger partial charge in [0.15, 0.2) is 5.96 Å². The lowest BCUT2D eigenvalue weighted by Crippen LogP contribution is -2.43. The van der Waals surface area contributed by atoms with Crippen LogP contribution in [0.3, 0.4) is 0 Å². The van der Waals surface area contributed by atoms with Crippen LogP contribution >= 0.6 is 24.0 Å². The maximum Gasteiger partial charge on any atom is 0.239 e. The van der Waals surface area contributed by atoms with E-state index in [1.807, 2.05) is 6.07 Å². The summed E-state index contributed by atoms with van der Waals surface area (Å²) in [5.41, 5.74) is 2.51. The average molecular weight is 505 g/mol. The van der Waals surface area contributed by atoms with Crippen molar-refractivity contribution in [2.75, 3.05) is 60.2 Å². The lowest BCUT2D eigenvalue weighted by atomic mass is 10.1. The Balaban J connectivity index is 0.00000392. The second-order valence-electron chi connectivity index (χ2n) is 6.28. The molecule has 158 valence electrons. The fourth-order valence-electron chi connectivity index (χ4n) is 2.80. The quantitative estimate of drug-likeness (QED) is 0.197. The van der Waals surface area contributed by atoms with Crippen LogP contribution in [0.2, 0.25) is 0 Å². The highest BCUT2D eigenvalue weighted by molar-refractivity contribution is 14.0. The number of guanidine groups is 1. The van der Waals surface area contributed by atoms with Crippen LogP contribution in [-0.2, 0) is 27.4 Å². The maximum atomic E-state index is 11.8. The molecular weight excluding hydrogens is 473 g/mol. The number of carbonyl (C=O) groups excluding carboxylic acids is 1. The molecule has 1 fully saturated rings. The van der Waals surface area contributed by atoms with Gasteiger partial charge in [0.25, 0.3) is 0 Å². The molecule has 0 atom stereocenters. The highest BCUT2D eigenvalue weighted by Crippen LogP contribution is 2.12. The van der Waals surface area contributed by atoms with E-state index in [0.29, 0.717) is 25.7 Å². The van der Waals surface area contributed by atoms with E-state index in [9.17, 15) is 4.79 Å². The highest BCUT2D eigenvalue weighted by Gasteiger charge is 2.13. The van der Waals surface area contributed by atoms with E-state index in [0.717, 1.165) is 32.8 Å². The van der Waals surface area contributed by atoms with E-state index in [4.69, 9.17) is 9.47 Å². The average Bonchev–Trinajstić information content (AvgIpc) is 2.70. The number of benzene rings is 1. The Hall–Kier alpha value is -1.43. The Morgan fingerprint density at radius 2 is 1.89 bits per heavy atom. The van der Waals surface area contributed by atoms with E-state index < -0.39 is 0 Å². The van der Waals surface area contributed by atoms with Crippen molar-refractivity contribution in [3.8, 4) is 0 Å². The first kappa shape index (κ1) is 24.6. The van der Waals surface area contributed by atoms with Crippen LogP contribution < -0.4 is 16.0 Å². The van der Waals surface area contributed by atoms with Crippen molar-refractivity contribution >= 4 is 35.8 Å². The molecule has 28 heavy (non-hydrogen) atoms. The van der Waals surface area contributed by atoms with Gasteiger partial charge in [0.05, 0.1) is 26.4 Å².